The first-order valence-corrected chi connectivity index (χ1v) is 10.7. The lowest BCUT2D eigenvalue weighted by molar-refractivity contribution is -0.127. The van der Waals surface area contributed by atoms with E-state index in [4.69, 9.17) is 21.1 Å². The van der Waals surface area contributed by atoms with Crippen molar-refractivity contribution in [2.24, 2.45) is 0 Å². The number of nitrogens with one attached hydrogen (secondary N) is 1. The van der Waals surface area contributed by atoms with Crippen molar-refractivity contribution in [3.05, 3.63) is 88.9 Å². The number of hydrogen-bond acceptors (Lipinski definition) is 4. The Morgan fingerprint density at radius 1 is 1.09 bits per heavy atom. The second-order valence-electron chi connectivity index (χ2n) is 7.36. The number of carbonyl (C=O) groups is 2. The molecule has 0 bridgehead atoms. The van der Waals surface area contributed by atoms with E-state index < -0.39 is 6.10 Å². The zero-order valence-electron chi connectivity index (χ0n) is 17.6. The highest BCUT2D eigenvalue weighted by molar-refractivity contribution is 6.31. The molecule has 2 amide bonds. The molecule has 0 spiro atoms. The summed E-state index contributed by atoms with van der Waals surface area (Å²) in [7, 11) is 1.50. The molecule has 1 heterocycles. The van der Waals surface area contributed by atoms with Crippen molar-refractivity contribution in [2.75, 3.05) is 25.1 Å². The van der Waals surface area contributed by atoms with Gasteiger partial charge in [-0.05, 0) is 42.3 Å². The molecule has 0 aliphatic carbocycles. The molecule has 1 atom stereocenters. The maximum atomic E-state index is 13.5. The molecule has 1 aliphatic heterocycles. The summed E-state index contributed by atoms with van der Waals surface area (Å²) in [6, 6.07) is 21.9. The van der Waals surface area contributed by atoms with Crippen LogP contribution in [-0.4, -0.2) is 38.1 Å². The van der Waals surface area contributed by atoms with Gasteiger partial charge in [-0.25, -0.2) is 0 Å². The van der Waals surface area contributed by atoms with E-state index in [0.29, 0.717) is 40.7 Å². The molecule has 0 radical (unpaired) electrons. The lowest BCUT2D eigenvalue weighted by Crippen LogP contribution is -2.51. The Balaban J connectivity index is 1.53. The van der Waals surface area contributed by atoms with Gasteiger partial charge in [0.25, 0.3) is 11.8 Å². The molecule has 0 saturated heterocycles. The summed E-state index contributed by atoms with van der Waals surface area (Å²) in [6.07, 6.45) is -0.132. The third kappa shape index (κ3) is 4.70. The first kappa shape index (κ1) is 21.7. The smallest absolute Gasteiger partial charge is 0.262 e. The lowest BCUT2D eigenvalue weighted by atomic mass is 10.1. The molecule has 3 aromatic carbocycles. The van der Waals surface area contributed by atoms with Crippen LogP contribution in [0.5, 0.6) is 11.5 Å². The average molecular weight is 451 g/mol. The number of rotatable bonds is 6. The van der Waals surface area contributed by atoms with Gasteiger partial charge in [0.2, 0.25) is 0 Å². The van der Waals surface area contributed by atoms with Crippen LogP contribution in [0.1, 0.15) is 15.9 Å². The van der Waals surface area contributed by atoms with Crippen LogP contribution in [0.4, 0.5) is 5.69 Å². The van der Waals surface area contributed by atoms with Crippen LogP contribution >= 0.6 is 11.6 Å². The standard InChI is InChI=1S/C25H23ClN2O4/c1-31-21-12-11-18(26)15-19(21)25(30)28-16-23(32-22-10-6-5-9-20(22)28)24(29)27-14-13-17-7-3-2-4-8-17/h2-12,15,23H,13-14,16H2,1H3,(H,27,29)/t23-/m1/s1. The zero-order valence-corrected chi connectivity index (χ0v) is 18.3. The van der Waals surface area contributed by atoms with Gasteiger partial charge in [-0.1, -0.05) is 54.1 Å². The van der Waals surface area contributed by atoms with Gasteiger partial charge in [-0.15, -0.1) is 0 Å². The summed E-state index contributed by atoms with van der Waals surface area (Å²) in [5.74, 6) is 0.289. The summed E-state index contributed by atoms with van der Waals surface area (Å²) >= 11 is 6.13. The molecule has 164 valence electrons. The molecular formula is C25H23ClN2O4. The summed E-state index contributed by atoms with van der Waals surface area (Å²) in [5, 5.41) is 3.34. The fourth-order valence-electron chi connectivity index (χ4n) is 3.64. The first-order valence-electron chi connectivity index (χ1n) is 10.3. The van der Waals surface area contributed by atoms with E-state index in [1.54, 1.807) is 36.4 Å². The van der Waals surface area contributed by atoms with Gasteiger partial charge in [0.15, 0.2) is 6.10 Å². The molecule has 7 heteroatoms. The Morgan fingerprint density at radius 2 is 1.84 bits per heavy atom. The summed E-state index contributed by atoms with van der Waals surface area (Å²) < 4.78 is 11.3. The number of carbonyl (C=O) groups excluding carboxylic acids is 2. The Hall–Kier alpha value is -3.51. The van der Waals surface area contributed by atoms with E-state index in [2.05, 4.69) is 5.32 Å². The Morgan fingerprint density at radius 3 is 2.62 bits per heavy atom. The van der Waals surface area contributed by atoms with Crippen LogP contribution in [0.3, 0.4) is 0 Å². The minimum absolute atomic E-state index is 0.0721. The Labute approximate surface area is 191 Å². The minimum Gasteiger partial charge on any atom is -0.496 e. The third-order valence-electron chi connectivity index (χ3n) is 5.26. The van der Waals surface area contributed by atoms with Gasteiger partial charge < -0.3 is 19.7 Å². The van der Waals surface area contributed by atoms with Crippen LogP contribution in [-0.2, 0) is 11.2 Å². The fourth-order valence-corrected chi connectivity index (χ4v) is 3.82. The van der Waals surface area contributed by atoms with Crippen molar-refractivity contribution < 1.29 is 19.1 Å². The number of ether oxygens (including phenoxy) is 2. The van der Waals surface area contributed by atoms with Gasteiger partial charge in [0.1, 0.15) is 11.5 Å². The minimum atomic E-state index is -0.838. The van der Waals surface area contributed by atoms with Crippen molar-refractivity contribution >= 4 is 29.1 Å². The normalized spacial score (nSPS) is 14.8. The molecule has 0 unspecified atom stereocenters. The molecule has 6 nitrogen and oxygen atoms in total. The quantitative estimate of drug-likeness (QED) is 0.613. The highest BCUT2D eigenvalue weighted by Crippen LogP contribution is 2.35. The Bertz CT molecular complexity index is 1120. The number of anilines is 1. The predicted octanol–water partition coefficient (Wildman–Crippen LogP) is 4.12. The second kappa shape index (κ2) is 9.75. The average Bonchev–Trinajstić information content (AvgIpc) is 2.83. The number of methoxy groups -OCH3 is 1. The molecule has 0 aromatic heterocycles. The van der Waals surface area contributed by atoms with Crippen LogP contribution in [0, 0.1) is 0 Å². The van der Waals surface area contributed by atoms with Gasteiger partial charge in [-0.2, -0.15) is 0 Å². The van der Waals surface area contributed by atoms with Crippen LogP contribution in [0.25, 0.3) is 0 Å². The molecule has 32 heavy (non-hydrogen) atoms. The molecule has 1 aliphatic rings. The van der Waals surface area contributed by atoms with E-state index in [0.717, 1.165) is 5.56 Å². The van der Waals surface area contributed by atoms with Gasteiger partial charge in [0.05, 0.1) is 24.9 Å². The SMILES string of the molecule is COc1ccc(Cl)cc1C(=O)N1C[C@H](C(=O)NCCc2ccccc2)Oc2ccccc21. The van der Waals surface area contributed by atoms with E-state index in [9.17, 15) is 9.59 Å². The monoisotopic (exact) mass is 450 g/mol. The number of nitrogens with zero attached hydrogens (tertiary/aromatic N) is 1. The molecule has 4 rings (SSSR count). The molecule has 1 N–H and O–H groups in total. The fraction of sp³-hybridized carbons (Fsp3) is 0.200. The van der Waals surface area contributed by atoms with Crippen LogP contribution < -0.4 is 19.7 Å². The number of amides is 2. The topological polar surface area (TPSA) is 67.9 Å². The third-order valence-corrected chi connectivity index (χ3v) is 5.49. The zero-order chi connectivity index (χ0) is 22.5. The van der Waals surface area contributed by atoms with Gasteiger partial charge in [-0.3, -0.25) is 9.59 Å². The maximum absolute atomic E-state index is 13.5. The lowest BCUT2D eigenvalue weighted by Gasteiger charge is -2.34. The van der Waals surface area contributed by atoms with Crippen molar-refractivity contribution in [1.29, 1.82) is 0 Å². The van der Waals surface area contributed by atoms with Crippen LogP contribution in [0.15, 0.2) is 72.8 Å². The molecular weight excluding hydrogens is 428 g/mol. The summed E-state index contributed by atoms with van der Waals surface area (Å²) in [5.41, 5.74) is 2.04. The molecule has 0 fully saturated rings. The second-order valence-corrected chi connectivity index (χ2v) is 7.80. The predicted molar refractivity (Wildman–Crippen MR) is 124 cm³/mol. The number of benzene rings is 3. The van der Waals surface area contributed by atoms with Crippen molar-refractivity contribution in [2.45, 2.75) is 12.5 Å². The molecule has 3 aromatic rings. The van der Waals surface area contributed by atoms with Crippen molar-refractivity contribution in [3.63, 3.8) is 0 Å². The van der Waals surface area contributed by atoms with Crippen molar-refractivity contribution in [3.8, 4) is 11.5 Å². The largest absolute Gasteiger partial charge is 0.496 e. The number of hydrogen-bond donors (Lipinski definition) is 1. The highest BCUT2D eigenvalue weighted by atomic mass is 35.5. The summed E-state index contributed by atoms with van der Waals surface area (Å²) in [4.78, 5) is 27.9. The number of para-hydroxylation sites is 2. The van der Waals surface area contributed by atoms with E-state index in [1.807, 2.05) is 36.4 Å². The summed E-state index contributed by atoms with van der Waals surface area (Å²) in [6.45, 7) is 0.545. The van der Waals surface area contributed by atoms with Gasteiger partial charge in [0, 0.05) is 11.6 Å². The van der Waals surface area contributed by atoms with E-state index >= 15 is 0 Å². The number of fused-ring (bicyclic) bond motifs is 1. The van der Waals surface area contributed by atoms with E-state index in [1.165, 1.54) is 12.0 Å². The van der Waals surface area contributed by atoms with Crippen LogP contribution in [0.2, 0.25) is 5.02 Å². The number of halogens is 1. The van der Waals surface area contributed by atoms with Gasteiger partial charge >= 0.3 is 0 Å². The Kier molecular flexibility index (Phi) is 6.61. The highest BCUT2D eigenvalue weighted by Gasteiger charge is 2.35. The van der Waals surface area contributed by atoms with E-state index in [-0.39, 0.29) is 18.4 Å². The molecule has 0 saturated carbocycles. The first-order chi connectivity index (χ1) is 15.6. The van der Waals surface area contributed by atoms with Crippen molar-refractivity contribution in [1.82, 2.24) is 5.32 Å². The maximum Gasteiger partial charge on any atom is 0.262 e.